The molecule has 1 heterocycles. The Labute approximate surface area is 194 Å². The van der Waals surface area contributed by atoms with Crippen molar-refractivity contribution >= 4 is 52.0 Å². The quantitative estimate of drug-likeness (QED) is 0.412. The van der Waals surface area contributed by atoms with E-state index in [-0.39, 0.29) is 11.5 Å². The monoisotopic (exact) mass is 473 g/mol. The molecule has 1 unspecified atom stereocenters. The van der Waals surface area contributed by atoms with Crippen molar-refractivity contribution in [2.24, 2.45) is 0 Å². The Morgan fingerprint density at radius 3 is 2.59 bits per heavy atom. The lowest BCUT2D eigenvalue weighted by molar-refractivity contribution is -0.122. The zero-order chi connectivity index (χ0) is 23.1. The van der Waals surface area contributed by atoms with E-state index in [1.165, 1.54) is 4.57 Å². The number of nitrogens with one attached hydrogen (secondary N) is 3. The standard InChI is InChI=1S/C22H24ClN5O3S/c1-3-28-21(31)15-9-5-7-11-17(15)25-22(28)27-26-20(30)18(12-13-32-2)24-19(29)14-8-4-6-10-16(14)23/h4-11,18H,3,12-13H2,1-2H3,(H,24,29)(H,25,27)(H,26,30). The summed E-state index contributed by atoms with van der Waals surface area (Å²) >= 11 is 7.67. The number of aromatic nitrogens is 2. The second-order valence-corrected chi connectivity index (χ2v) is 8.30. The third kappa shape index (κ3) is 5.41. The van der Waals surface area contributed by atoms with E-state index >= 15 is 0 Å². The lowest BCUT2D eigenvalue weighted by Gasteiger charge is -2.20. The molecule has 0 fully saturated rings. The van der Waals surface area contributed by atoms with E-state index in [2.05, 4.69) is 21.2 Å². The normalized spacial score (nSPS) is 11.7. The Morgan fingerprint density at radius 2 is 1.88 bits per heavy atom. The molecule has 0 aliphatic carbocycles. The smallest absolute Gasteiger partial charge is 0.262 e. The molecule has 0 saturated carbocycles. The number of benzene rings is 2. The largest absolute Gasteiger partial charge is 0.340 e. The van der Waals surface area contributed by atoms with E-state index < -0.39 is 17.9 Å². The van der Waals surface area contributed by atoms with E-state index in [4.69, 9.17) is 11.6 Å². The minimum absolute atomic E-state index is 0.208. The number of hydrogen-bond donors (Lipinski definition) is 3. The number of carbonyl (C=O) groups excluding carboxylic acids is 2. The van der Waals surface area contributed by atoms with E-state index in [9.17, 15) is 14.4 Å². The number of halogens is 1. The molecule has 2 amide bonds. The number of fused-ring (bicyclic) bond motifs is 1. The molecule has 32 heavy (non-hydrogen) atoms. The van der Waals surface area contributed by atoms with Gasteiger partial charge < -0.3 is 5.32 Å². The van der Waals surface area contributed by atoms with Crippen LogP contribution in [0.4, 0.5) is 5.95 Å². The third-order valence-electron chi connectivity index (χ3n) is 4.83. The first-order chi connectivity index (χ1) is 15.5. The van der Waals surface area contributed by atoms with Crippen LogP contribution in [0, 0.1) is 0 Å². The topological polar surface area (TPSA) is 105 Å². The molecule has 0 aliphatic rings. The molecular weight excluding hydrogens is 450 g/mol. The zero-order valence-electron chi connectivity index (χ0n) is 17.7. The summed E-state index contributed by atoms with van der Waals surface area (Å²) in [6.07, 6.45) is 2.33. The molecule has 0 aliphatic heterocycles. The van der Waals surface area contributed by atoms with E-state index in [1.54, 1.807) is 60.3 Å². The van der Waals surface area contributed by atoms with Crippen LogP contribution in [0.25, 0.3) is 10.9 Å². The average molecular weight is 474 g/mol. The van der Waals surface area contributed by atoms with Crippen LogP contribution in [-0.4, -0.2) is 39.4 Å². The predicted octanol–water partition coefficient (Wildman–Crippen LogP) is 3.06. The van der Waals surface area contributed by atoms with Gasteiger partial charge in [-0.25, -0.2) is 4.98 Å². The molecule has 168 valence electrons. The molecule has 3 N–H and O–H groups in total. The zero-order valence-corrected chi connectivity index (χ0v) is 19.3. The van der Waals surface area contributed by atoms with Crippen LogP contribution in [0.2, 0.25) is 5.02 Å². The summed E-state index contributed by atoms with van der Waals surface area (Å²) < 4.78 is 1.43. The van der Waals surface area contributed by atoms with E-state index in [0.29, 0.717) is 40.2 Å². The number of hydrogen-bond acceptors (Lipinski definition) is 6. The molecule has 1 aromatic heterocycles. The van der Waals surface area contributed by atoms with Crippen molar-refractivity contribution in [2.75, 3.05) is 17.4 Å². The van der Waals surface area contributed by atoms with Crippen LogP contribution in [0.1, 0.15) is 23.7 Å². The van der Waals surface area contributed by atoms with E-state index in [0.717, 1.165) is 0 Å². The lowest BCUT2D eigenvalue weighted by Crippen LogP contribution is -2.49. The van der Waals surface area contributed by atoms with Gasteiger partial charge in [0.1, 0.15) is 6.04 Å². The van der Waals surface area contributed by atoms with Crippen LogP contribution in [-0.2, 0) is 11.3 Å². The van der Waals surface area contributed by atoms with Gasteiger partial charge in [0.2, 0.25) is 5.95 Å². The number of rotatable bonds is 9. The summed E-state index contributed by atoms with van der Waals surface area (Å²) in [6.45, 7) is 2.18. The summed E-state index contributed by atoms with van der Waals surface area (Å²) in [5.41, 5.74) is 5.93. The maximum atomic E-state index is 12.9. The molecule has 1 atom stereocenters. The molecule has 0 radical (unpaired) electrons. The number of amides is 2. The number of carbonyl (C=O) groups is 2. The second-order valence-electron chi connectivity index (χ2n) is 6.90. The lowest BCUT2D eigenvalue weighted by atomic mass is 10.1. The number of para-hydroxylation sites is 1. The van der Waals surface area contributed by atoms with Crippen LogP contribution in [0.5, 0.6) is 0 Å². The Balaban J connectivity index is 1.77. The first-order valence-electron chi connectivity index (χ1n) is 10.1. The van der Waals surface area contributed by atoms with Gasteiger partial charge in [-0.1, -0.05) is 35.9 Å². The number of anilines is 1. The highest BCUT2D eigenvalue weighted by atomic mass is 35.5. The molecule has 2 aromatic carbocycles. The van der Waals surface area contributed by atoms with Crippen molar-refractivity contribution in [3.8, 4) is 0 Å². The maximum absolute atomic E-state index is 12.9. The highest BCUT2D eigenvalue weighted by Crippen LogP contribution is 2.15. The van der Waals surface area contributed by atoms with Gasteiger partial charge in [-0.15, -0.1) is 0 Å². The average Bonchev–Trinajstić information content (AvgIpc) is 2.80. The van der Waals surface area contributed by atoms with Crippen LogP contribution >= 0.6 is 23.4 Å². The van der Waals surface area contributed by atoms with Gasteiger partial charge in [0.05, 0.1) is 21.5 Å². The number of hydrazine groups is 1. The van der Waals surface area contributed by atoms with Gasteiger partial charge in [0, 0.05) is 6.54 Å². The first kappa shape index (κ1) is 23.6. The van der Waals surface area contributed by atoms with Crippen molar-refractivity contribution in [3.05, 3.63) is 69.5 Å². The van der Waals surface area contributed by atoms with Crippen molar-refractivity contribution in [3.63, 3.8) is 0 Å². The molecule has 0 spiro atoms. The van der Waals surface area contributed by atoms with Gasteiger partial charge in [-0.2, -0.15) is 11.8 Å². The van der Waals surface area contributed by atoms with Gasteiger partial charge in [0.25, 0.3) is 17.4 Å². The molecule has 0 saturated heterocycles. The molecule has 3 rings (SSSR count). The number of nitrogens with zero attached hydrogens (tertiary/aromatic N) is 2. The summed E-state index contributed by atoms with van der Waals surface area (Å²) in [5, 5.41) is 3.54. The Morgan fingerprint density at radius 1 is 1.16 bits per heavy atom. The maximum Gasteiger partial charge on any atom is 0.262 e. The van der Waals surface area contributed by atoms with Crippen molar-refractivity contribution in [1.29, 1.82) is 0 Å². The van der Waals surface area contributed by atoms with Gasteiger partial charge in [-0.3, -0.25) is 29.8 Å². The Kier molecular flexibility index (Phi) is 8.13. The Hall–Kier alpha value is -3.04. The summed E-state index contributed by atoms with van der Waals surface area (Å²) in [5.74, 6) is -0.0179. The minimum Gasteiger partial charge on any atom is -0.340 e. The molecular formula is C22H24ClN5O3S. The summed E-state index contributed by atoms with van der Waals surface area (Å²) in [7, 11) is 0. The fourth-order valence-corrected chi connectivity index (χ4v) is 3.84. The fraction of sp³-hybridized carbons (Fsp3) is 0.273. The SMILES string of the molecule is CCn1c(NNC(=O)C(CCSC)NC(=O)c2ccccc2Cl)nc2ccccc2c1=O. The first-order valence-corrected chi connectivity index (χ1v) is 11.8. The predicted molar refractivity (Wildman–Crippen MR) is 129 cm³/mol. The van der Waals surface area contributed by atoms with Crippen LogP contribution in [0.3, 0.4) is 0 Å². The van der Waals surface area contributed by atoms with Gasteiger partial charge in [0.15, 0.2) is 0 Å². The molecule has 10 heteroatoms. The van der Waals surface area contributed by atoms with Gasteiger partial charge in [-0.05, 0) is 49.6 Å². The van der Waals surface area contributed by atoms with Crippen molar-refractivity contribution in [2.45, 2.75) is 25.9 Å². The highest BCUT2D eigenvalue weighted by Gasteiger charge is 2.22. The van der Waals surface area contributed by atoms with Crippen LogP contribution < -0.4 is 21.7 Å². The van der Waals surface area contributed by atoms with Gasteiger partial charge >= 0.3 is 0 Å². The summed E-state index contributed by atoms with van der Waals surface area (Å²) in [4.78, 5) is 42.7. The number of thioether (sulfide) groups is 1. The highest BCUT2D eigenvalue weighted by molar-refractivity contribution is 7.98. The Bertz CT molecular complexity index is 1180. The molecule has 3 aromatic rings. The van der Waals surface area contributed by atoms with Crippen LogP contribution in [0.15, 0.2) is 53.3 Å². The molecule has 8 nitrogen and oxygen atoms in total. The van der Waals surface area contributed by atoms with E-state index in [1.807, 2.05) is 13.2 Å². The third-order valence-corrected chi connectivity index (χ3v) is 5.80. The van der Waals surface area contributed by atoms with Crippen molar-refractivity contribution in [1.82, 2.24) is 20.3 Å². The minimum atomic E-state index is -0.805. The molecule has 0 bridgehead atoms. The van der Waals surface area contributed by atoms with Crippen molar-refractivity contribution < 1.29 is 9.59 Å². The summed E-state index contributed by atoms with van der Waals surface area (Å²) in [6, 6.07) is 12.8. The second kappa shape index (κ2) is 11.0. The fourth-order valence-electron chi connectivity index (χ4n) is 3.15.